The van der Waals surface area contributed by atoms with Crippen LogP contribution in [-0.2, 0) is 17.6 Å². The van der Waals surface area contributed by atoms with E-state index in [1.807, 2.05) is 67.6 Å². The fourth-order valence-corrected chi connectivity index (χ4v) is 4.36. The Hall–Kier alpha value is -4.85. The molecule has 1 heterocycles. The van der Waals surface area contributed by atoms with Crippen LogP contribution in [0.15, 0.2) is 105 Å². The normalized spacial score (nSPS) is 13.9. The second kappa shape index (κ2) is 11.5. The third kappa shape index (κ3) is 5.92. The molecule has 0 atom stereocenters. The number of furan rings is 1. The van der Waals surface area contributed by atoms with Gasteiger partial charge in [-0.15, -0.1) is 0 Å². The first kappa shape index (κ1) is 24.8. The number of azo groups is 1. The van der Waals surface area contributed by atoms with Crippen molar-refractivity contribution in [1.82, 2.24) is 5.43 Å². The highest BCUT2D eigenvalue weighted by molar-refractivity contribution is 6.09. The Morgan fingerprint density at radius 3 is 2.21 bits per heavy atom. The summed E-state index contributed by atoms with van der Waals surface area (Å²) in [5.41, 5.74) is 7.87. The molecule has 2 amide bonds. The average Bonchev–Trinajstić information content (AvgIpc) is 3.30. The molecule has 8 heteroatoms. The van der Waals surface area contributed by atoms with Crippen molar-refractivity contribution in [2.24, 2.45) is 15.3 Å². The van der Waals surface area contributed by atoms with E-state index in [0.29, 0.717) is 35.5 Å². The van der Waals surface area contributed by atoms with E-state index < -0.39 is 0 Å². The second-order valence-electron chi connectivity index (χ2n) is 9.00. The molecule has 0 bridgehead atoms. The third-order valence-electron chi connectivity index (χ3n) is 6.22. The lowest BCUT2D eigenvalue weighted by Gasteiger charge is -2.13. The number of hydrogen-bond acceptors (Lipinski definition) is 6. The maximum Gasteiger partial charge on any atom is 0.291 e. The van der Waals surface area contributed by atoms with Gasteiger partial charge in [0, 0.05) is 23.2 Å². The lowest BCUT2D eigenvalue weighted by atomic mass is 9.93. The van der Waals surface area contributed by atoms with Crippen LogP contribution in [0.3, 0.4) is 0 Å². The molecule has 0 fully saturated rings. The Balaban J connectivity index is 1.26. The summed E-state index contributed by atoms with van der Waals surface area (Å²) in [5, 5.41) is 15.7. The van der Waals surface area contributed by atoms with E-state index in [2.05, 4.69) is 26.1 Å². The van der Waals surface area contributed by atoms with Crippen molar-refractivity contribution in [2.45, 2.75) is 32.6 Å². The van der Waals surface area contributed by atoms with Gasteiger partial charge in [-0.05, 0) is 61.7 Å². The molecule has 8 nitrogen and oxygen atoms in total. The van der Waals surface area contributed by atoms with Gasteiger partial charge in [-0.2, -0.15) is 15.3 Å². The summed E-state index contributed by atoms with van der Waals surface area (Å²) in [6.45, 7) is 1.84. The van der Waals surface area contributed by atoms with Crippen LogP contribution in [0.2, 0.25) is 0 Å². The van der Waals surface area contributed by atoms with E-state index in [1.54, 1.807) is 24.3 Å². The largest absolute Gasteiger partial charge is 0.455 e. The van der Waals surface area contributed by atoms with Crippen LogP contribution in [0.4, 0.5) is 17.1 Å². The van der Waals surface area contributed by atoms with Gasteiger partial charge in [-0.25, -0.2) is 5.43 Å². The second-order valence-corrected chi connectivity index (χ2v) is 9.00. The Morgan fingerprint density at radius 2 is 1.50 bits per heavy atom. The van der Waals surface area contributed by atoms with Crippen LogP contribution in [0.25, 0.3) is 0 Å². The maximum atomic E-state index is 13.1. The zero-order valence-corrected chi connectivity index (χ0v) is 21.0. The number of hydrogen-bond donors (Lipinski definition) is 2. The number of fused-ring (bicyclic) bond motifs is 1. The molecule has 3 aromatic carbocycles. The van der Waals surface area contributed by atoms with Gasteiger partial charge in [0.05, 0.1) is 23.5 Å². The van der Waals surface area contributed by atoms with Crippen LogP contribution in [0.5, 0.6) is 0 Å². The molecule has 2 N–H and O–H groups in total. The number of carbonyl (C=O) groups is 2. The first-order valence-electron chi connectivity index (χ1n) is 12.5. The lowest BCUT2D eigenvalue weighted by Crippen LogP contribution is -2.23. The van der Waals surface area contributed by atoms with E-state index in [4.69, 9.17) is 4.42 Å². The van der Waals surface area contributed by atoms with Crippen molar-refractivity contribution in [3.8, 4) is 0 Å². The number of anilines is 1. The first-order chi connectivity index (χ1) is 18.6. The predicted molar refractivity (Wildman–Crippen MR) is 146 cm³/mol. The molecule has 0 spiro atoms. The van der Waals surface area contributed by atoms with E-state index in [-0.39, 0.29) is 24.0 Å². The summed E-state index contributed by atoms with van der Waals surface area (Å²) in [5.74, 6) is 0.421. The molecular weight excluding hydrogens is 478 g/mol. The van der Waals surface area contributed by atoms with Crippen molar-refractivity contribution in [1.29, 1.82) is 0 Å². The van der Waals surface area contributed by atoms with Crippen LogP contribution < -0.4 is 10.7 Å². The minimum absolute atomic E-state index is 0.193. The third-order valence-corrected chi connectivity index (χ3v) is 6.22. The molecule has 1 aliphatic carbocycles. The Morgan fingerprint density at radius 1 is 0.842 bits per heavy atom. The summed E-state index contributed by atoms with van der Waals surface area (Å²) in [6, 6.07) is 26.1. The average molecular weight is 506 g/mol. The molecule has 1 aliphatic rings. The minimum atomic E-state index is -0.344. The Kier molecular flexibility index (Phi) is 7.49. The van der Waals surface area contributed by atoms with Gasteiger partial charge in [-0.1, -0.05) is 48.5 Å². The summed E-state index contributed by atoms with van der Waals surface area (Å²) in [7, 11) is 0. The van der Waals surface area contributed by atoms with E-state index in [1.165, 1.54) is 0 Å². The van der Waals surface area contributed by atoms with Crippen molar-refractivity contribution < 1.29 is 14.0 Å². The van der Waals surface area contributed by atoms with Gasteiger partial charge in [0.25, 0.3) is 5.91 Å². The van der Waals surface area contributed by atoms with Gasteiger partial charge >= 0.3 is 0 Å². The molecule has 0 saturated heterocycles. The number of carbonyl (C=O) groups excluding carboxylic acids is 2. The number of hydrazone groups is 1. The standard InChI is InChI=1S/C30H27N5O3/c1-20-28-25(34-35-27(36)19-21-9-4-2-5-10-21)13-8-14-26(28)38-29(20)30(37)31-22-15-17-24(18-16-22)33-32-23-11-6-3-7-12-23/h2-7,9-12,15-18H,8,13-14,19H2,1H3,(H,31,37)(H,35,36)/b33-32?,34-25+. The Bertz CT molecular complexity index is 1490. The van der Waals surface area contributed by atoms with Crippen LogP contribution in [-0.4, -0.2) is 17.5 Å². The van der Waals surface area contributed by atoms with Gasteiger partial charge in [0.1, 0.15) is 5.76 Å². The minimum Gasteiger partial charge on any atom is -0.455 e. The number of nitrogens with one attached hydrogen (secondary N) is 2. The first-order valence-corrected chi connectivity index (χ1v) is 12.5. The summed E-state index contributed by atoms with van der Waals surface area (Å²) in [4.78, 5) is 25.5. The zero-order chi connectivity index (χ0) is 26.3. The van der Waals surface area contributed by atoms with Gasteiger partial charge in [0.15, 0.2) is 5.76 Å². The number of benzene rings is 3. The zero-order valence-electron chi connectivity index (χ0n) is 21.0. The van der Waals surface area contributed by atoms with Crippen LogP contribution in [0, 0.1) is 6.92 Å². The number of amides is 2. The fraction of sp³-hybridized carbons (Fsp3) is 0.167. The molecule has 0 saturated carbocycles. The molecule has 5 rings (SSSR count). The highest BCUT2D eigenvalue weighted by atomic mass is 16.4. The highest BCUT2D eigenvalue weighted by Gasteiger charge is 2.28. The number of nitrogens with zero attached hydrogens (tertiary/aromatic N) is 3. The van der Waals surface area contributed by atoms with E-state index in [9.17, 15) is 9.59 Å². The van der Waals surface area contributed by atoms with Crippen molar-refractivity contribution in [3.05, 3.63) is 113 Å². The monoisotopic (exact) mass is 505 g/mol. The van der Waals surface area contributed by atoms with Gasteiger partial charge in [-0.3, -0.25) is 9.59 Å². The fourth-order valence-electron chi connectivity index (χ4n) is 4.36. The number of aryl methyl sites for hydroxylation is 1. The topological polar surface area (TPSA) is 108 Å². The molecule has 4 aromatic rings. The van der Waals surface area contributed by atoms with Crippen molar-refractivity contribution in [2.75, 3.05) is 5.32 Å². The van der Waals surface area contributed by atoms with Gasteiger partial charge < -0.3 is 9.73 Å². The van der Waals surface area contributed by atoms with Crippen molar-refractivity contribution >= 4 is 34.6 Å². The predicted octanol–water partition coefficient (Wildman–Crippen LogP) is 6.66. The lowest BCUT2D eigenvalue weighted by molar-refractivity contribution is -0.120. The molecule has 0 aliphatic heterocycles. The molecule has 38 heavy (non-hydrogen) atoms. The summed E-state index contributed by atoms with van der Waals surface area (Å²) in [6.07, 6.45) is 2.48. The maximum absolute atomic E-state index is 13.1. The van der Waals surface area contributed by atoms with E-state index >= 15 is 0 Å². The molecular formula is C30H27N5O3. The quantitative estimate of drug-likeness (QED) is 0.217. The summed E-state index contributed by atoms with van der Waals surface area (Å²) < 4.78 is 5.98. The van der Waals surface area contributed by atoms with Crippen LogP contribution >= 0.6 is 0 Å². The molecule has 190 valence electrons. The molecule has 0 unspecified atom stereocenters. The van der Waals surface area contributed by atoms with Gasteiger partial charge in [0.2, 0.25) is 5.91 Å². The summed E-state index contributed by atoms with van der Waals surface area (Å²) >= 11 is 0. The van der Waals surface area contributed by atoms with E-state index in [0.717, 1.165) is 28.9 Å². The Labute approximate surface area is 220 Å². The SMILES string of the molecule is Cc1c(C(=O)Nc2ccc(N=Nc3ccccc3)cc2)oc2c1/C(=N/NC(=O)Cc1ccccc1)CCC2. The molecule has 0 radical (unpaired) electrons. The number of rotatable bonds is 7. The molecule has 1 aromatic heterocycles. The van der Waals surface area contributed by atoms with Crippen molar-refractivity contribution in [3.63, 3.8) is 0 Å². The highest BCUT2D eigenvalue weighted by Crippen LogP contribution is 2.30. The van der Waals surface area contributed by atoms with Crippen LogP contribution in [0.1, 0.15) is 45.8 Å². The smallest absolute Gasteiger partial charge is 0.291 e.